The number of aromatic nitrogens is 3. The number of hydrogen-bond acceptors (Lipinski definition) is 3. The van der Waals surface area contributed by atoms with Crippen LogP contribution in [0.2, 0.25) is 0 Å². The molecule has 0 aliphatic carbocycles. The molecule has 0 spiro atoms. The van der Waals surface area contributed by atoms with Crippen molar-refractivity contribution in [1.82, 2.24) is 14.8 Å². The Kier molecular flexibility index (Phi) is 3.44. The fourth-order valence-electron chi connectivity index (χ4n) is 2.53. The van der Waals surface area contributed by atoms with Crippen LogP contribution in [0.15, 0.2) is 48.7 Å². The average molecular weight is 278 g/mol. The van der Waals surface area contributed by atoms with Gasteiger partial charge in [-0.25, -0.2) is 4.68 Å². The highest BCUT2D eigenvalue weighted by molar-refractivity contribution is 5.71. The van der Waals surface area contributed by atoms with E-state index < -0.39 is 0 Å². The van der Waals surface area contributed by atoms with E-state index in [0.29, 0.717) is 5.82 Å². The lowest BCUT2D eigenvalue weighted by atomic mass is 10.0. The van der Waals surface area contributed by atoms with Crippen LogP contribution in [0.1, 0.15) is 18.2 Å². The van der Waals surface area contributed by atoms with E-state index in [4.69, 9.17) is 10.8 Å². The normalized spacial score (nSPS) is 10.8. The van der Waals surface area contributed by atoms with Gasteiger partial charge in [0.15, 0.2) is 0 Å². The van der Waals surface area contributed by atoms with Crippen molar-refractivity contribution in [2.75, 3.05) is 5.73 Å². The fourth-order valence-corrected chi connectivity index (χ4v) is 2.53. The van der Waals surface area contributed by atoms with Gasteiger partial charge in [0.05, 0.1) is 11.4 Å². The molecule has 2 heterocycles. The van der Waals surface area contributed by atoms with E-state index >= 15 is 0 Å². The van der Waals surface area contributed by atoms with E-state index in [1.54, 1.807) is 10.9 Å². The first-order valence-corrected chi connectivity index (χ1v) is 7.07. The smallest absolute Gasteiger partial charge is 0.131 e. The van der Waals surface area contributed by atoms with Gasteiger partial charge in [-0.1, -0.05) is 25.1 Å². The van der Waals surface area contributed by atoms with Gasteiger partial charge in [0.25, 0.3) is 0 Å². The van der Waals surface area contributed by atoms with Crippen molar-refractivity contribution in [3.05, 3.63) is 59.9 Å². The van der Waals surface area contributed by atoms with Crippen LogP contribution in [0.5, 0.6) is 0 Å². The Balaban J connectivity index is 2.22. The third-order valence-corrected chi connectivity index (χ3v) is 3.64. The van der Waals surface area contributed by atoms with Crippen molar-refractivity contribution in [1.29, 1.82) is 0 Å². The maximum atomic E-state index is 6.31. The Morgan fingerprint density at radius 3 is 2.52 bits per heavy atom. The lowest BCUT2D eigenvalue weighted by molar-refractivity contribution is 0.893. The molecule has 0 amide bonds. The fraction of sp³-hybridized carbons (Fsp3) is 0.176. The van der Waals surface area contributed by atoms with Gasteiger partial charge in [-0.3, -0.25) is 4.98 Å². The minimum Gasteiger partial charge on any atom is -0.383 e. The van der Waals surface area contributed by atoms with Gasteiger partial charge in [0.1, 0.15) is 5.82 Å². The van der Waals surface area contributed by atoms with E-state index in [9.17, 15) is 0 Å². The Morgan fingerprint density at radius 2 is 1.86 bits per heavy atom. The molecule has 3 aromatic rings. The van der Waals surface area contributed by atoms with Gasteiger partial charge in [-0.2, -0.15) is 5.10 Å². The van der Waals surface area contributed by atoms with Crippen LogP contribution in [0.4, 0.5) is 5.82 Å². The van der Waals surface area contributed by atoms with Crippen molar-refractivity contribution in [3.63, 3.8) is 0 Å². The summed E-state index contributed by atoms with van der Waals surface area (Å²) in [5, 5.41) is 4.73. The monoisotopic (exact) mass is 278 g/mol. The Morgan fingerprint density at radius 1 is 1.10 bits per heavy atom. The molecule has 0 fully saturated rings. The molecule has 0 atom stereocenters. The van der Waals surface area contributed by atoms with Gasteiger partial charge in [-0.15, -0.1) is 0 Å². The molecule has 0 radical (unpaired) electrons. The predicted octanol–water partition coefficient (Wildman–Crippen LogP) is 3.39. The molecule has 0 saturated carbocycles. The van der Waals surface area contributed by atoms with Crippen LogP contribution >= 0.6 is 0 Å². The lowest BCUT2D eigenvalue weighted by Gasteiger charge is -2.03. The summed E-state index contributed by atoms with van der Waals surface area (Å²) >= 11 is 0. The van der Waals surface area contributed by atoms with Crippen LogP contribution in [-0.2, 0) is 6.42 Å². The Bertz CT molecular complexity index is 760. The molecule has 0 saturated heterocycles. The molecule has 2 aromatic heterocycles. The number of pyridine rings is 1. The van der Waals surface area contributed by atoms with Crippen LogP contribution in [0, 0.1) is 6.92 Å². The molecule has 3 rings (SSSR count). The standard InChI is InChI=1S/C17H18N4/c1-3-14-16(15-10-7-11-19-12(15)2)20-21(17(14)18)13-8-5-4-6-9-13/h4-11H,3,18H2,1-2H3. The van der Waals surface area contributed by atoms with Crippen molar-refractivity contribution in [3.8, 4) is 16.9 Å². The Labute approximate surface area is 124 Å². The molecule has 21 heavy (non-hydrogen) atoms. The van der Waals surface area contributed by atoms with E-state index in [2.05, 4.69) is 11.9 Å². The van der Waals surface area contributed by atoms with E-state index in [0.717, 1.165) is 34.6 Å². The van der Waals surface area contributed by atoms with Gasteiger partial charge in [-0.05, 0) is 37.6 Å². The second-order valence-corrected chi connectivity index (χ2v) is 4.95. The summed E-state index contributed by atoms with van der Waals surface area (Å²) in [6.45, 7) is 4.09. The summed E-state index contributed by atoms with van der Waals surface area (Å²) in [5.74, 6) is 0.696. The van der Waals surface area contributed by atoms with Crippen molar-refractivity contribution in [2.24, 2.45) is 0 Å². The summed E-state index contributed by atoms with van der Waals surface area (Å²) in [4.78, 5) is 4.35. The van der Waals surface area contributed by atoms with Crippen LogP contribution < -0.4 is 5.73 Å². The number of rotatable bonds is 3. The van der Waals surface area contributed by atoms with Crippen LogP contribution in [-0.4, -0.2) is 14.8 Å². The average Bonchev–Trinajstić information content (AvgIpc) is 2.85. The molecule has 0 aliphatic rings. The zero-order chi connectivity index (χ0) is 14.8. The van der Waals surface area contributed by atoms with E-state index in [1.165, 1.54) is 0 Å². The Hall–Kier alpha value is -2.62. The third kappa shape index (κ3) is 2.29. The number of para-hydroxylation sites is 1. The van der Waals surface area contributed by atoms with Gasteiger partial charge < -0.3 is 5.73 Å². The van der Waals surface area contributed by atoms with Gasteiger partial charge in [0, 0.05) is 23.0 Å². The summed E-state index contributed by atoms with van der Waals surface area (Å²) in [7, 11) is 0. The summed E-state index contributed by atoms with van der Waals surface area (Å²) in [5.41, 5.74) is 11.3. The molecule has 4 heteroatoms. The number of aryl methyl sites for hydroxylation is 1. The van der Waals surface area contributed by atoms with Gasteiger partial charge in [0.2, 0.25) is 0 Å². The molecular formula is C17H18N4. The highest BCUT2D eigenvalue weighted by Gasteiger charge is 2.18. The van der Waals surface area contributed by atoms with Crippen LogP contribution in [0.25, 0.3) is 16.9 Å². The predicted molar refractivity (Wildman–Crippen MR) is 85.3 cm³/mol. The minimum atomic E-state index is 0.696. The molecule has 0 unspecified atom stereocenters. The van der Waals surface area contributed by atoms with Crippen molar-refractivity contribution in [2.45, 2.75) is 20.3 Å². The largest absolute Gasteiger partial charge is 0.383 e. The maximum absolute atomic E-state index is 6.31. The first-order valence-electron chi connectivity index (χ1n) is 7.07. The van der Waals surface area contributed by atoms with E-state index in [1.807, 2.05) is 49.4 Å². The molecule has 2 N–H and O–H groups in total. The van der Waals surface area contributed by atoms with Crippen molar-refractivity contribution < 1.29 is 0 Å². The number of nitrogens with two attached hydrogens (primary N) is 1. The number of nitrogen functional groups attached to an aromatic ring is 1. The zero-order valence-corrected chi connectivity index (χ0v) is 12.2. The SMILES string of the molecule is CCc1c(-c2cccnc2C)nn(-c2ccccc2)c1N. The molecular weight excluding hydrogens is 260 g/mol. The molecule has 4 nitrogen and oxygen atoms in total. The third-order valence-electron chi connectivity index (χ3n) is 3.64. The van der Waals surface area contributed by atoms with Crippen LogP contribution in [0.3, 0.4) is 0 Å². The second-order valence-electron chi connectivity index (χ2n) is 4.95. The minimum absolute atomic E-state index is 0.696. The summed E-state index contributed by atoms with van der Waals surface area (Å²) in [6, 6.07) is 13.9. The first kappa shape index (κ1) is 13.4. The van der Waals surface area contributed by atoms with Crippen molar-refractivity contribution >= 4 is 5.82 Å². The maximum Gasteiger partial charge on any atom is 0.131 e. The zero-order valence-electron chi connectivity index (χ0n) is 12.2. The second kappa shape index (κ2) is 5.40. The number of hydrogen-bond donors (Lipinski definition) is 1. The number of anilines is 1. The quantitative estimate of drug-likeness (QED) is 0.799. The number of nitrogens with zero attached hydrogens (tertiary/aromatic N) is 3. The molecule has 0 bridgehead atoms. The van der Waals surface area contributed by atoms with E-state index in [-0.39, 0.29) is 0 Å². The summed E-state index contributed by atoms with van der Waals surface area (Å²) < 4.78 is 1.81. The highest BCUT2D eigenvalue weighted by atomic mass is 15.3. The number of benzene rings is 1. The molecule has 0 aliphatic heterocycles. The topological polar surface area (TPSA) is 56.7 Å². The summed E-state index contributed by atoms with van der Waals surface area (Å²) in [6.07, 6.45) is 2.63. The first-order chi connectivity index (χ1) is 10.2. The molecule has 106 valence electrons. The molecule has 1 aromatic carbocycles. The van der Waals surface area contributed by atoms with Gasteiger partial charge >= 0.3 is 0 Å². The lowest BCUT2D eigenvalue weighted by Crippen LogP contribution is -2.02. The highest BCUT2D eigenvalue weighted by Crippen LogP contribution is 2.30.